The number of nitrogens with one attached hydrogen (secondary N) is 1. The maximum atomic E-state index is 13.4. The molecule has 1 aromatic heterocycles. The Hall–Kier alpha value is -3.40. The number of hydrogen-bond donors (Lipinski definition) is 3. The standard InChI is InChI=1S/C20H20ClN5O.C12H23NO2/c1-12-7-13(3-4-14(12)9-22)20(27)26-11-15-10-23-25(2)19(15)24-17-8-16(21)5-6-18(17)26;1-12(2,3)6-9-13-7-4-10(5-8-13)11(14)15/h3-8,10,24H,9,11,22H2,1-2H3;10H,4-9H2,1-3H3,(H,14,15). The molecule has 0 aliphatic carbocycles. The first-order valence-corrected chi connectivity index (χ1v) is 14.9. The first-order chi connectivity index (χ1) is 19.9. The van der Waals surface area contributed by atoms with Gasteiger partial charge in [-0.1, -0.05) is 38.4 Å². The van der Waals surface area contributed by atoms with E-state index in [1.54, 1.807) is 21.8 Å². The number of carboxylic acids is 1. The van der Waals surface area contributed by atoms with E-state index in [9.17, 15) is 9.59 Å². The van der Waals surface area contributed by atoms with E-state index in [1.165, 1.54) is 6.42 Å². The molecule has 1 saturated heterocycles. The Bertz CT molecular complexity index is 1420. The molecular weight excluding hydrogens is 552 g/mol. The summed E-state index contributed by atoms with van der Waals surface area (Å²) in [4.78, 5) is 28.3. The number of aromatic nitrogens is 2. The molecule has 2 aliphatic rings. The van der Waals surface area contributed by atoms with Gasteiger partial charge in [0, 0.05) is 29.7 Å². The molecule has 10 heteroatoms. The lowest BCUT2D eigenvalue weighted by Crippen LogP contribution is -2.37. The average molecular weight is 595 g/mol. The number of carbonyl (C=O) groups is 2. The van der Waals surface area contributed by atoms with Crippen molar-refractivity contribution in [3.8, 4) is 0 Å². The van der Waals surface area contributed by atoms with E-state index in [1.807, 2.05) is 44.3 Å². The number of aliphatic carboxylic acids is 1. The van der Waals surface area contributed by atoms with Gasteiger partial charge >= 0.3 is 5.97 Å². The second-order valence-electron chi connectivity index (χ2n) is 12.4. The quantitative estimate of drug-likeness (QED) is 0.333. The van der Waals surface area contributed by atoms with Gasteiger partial charge in [0.2, 0.25) is 0 Å². The second kappa shape index (κ2) is 13.3. The fourth-order valence-electron chi connectivity index (χ4n) is 5.28. The van der Waals surface area contributed by atoms with Crippen molar-refractivity contribution in [2.24, 2.45) is 24.1 Å². The van der Waals surface area contributed by atoms with Crippen molar-refractivity contribution in [2.45, 2.75) is 60.0 Å². The van der Waals surface area contributed by atoms with Gasteiger partial charge in [-0.25, -0.2) is 0 Å². The Balaban J connectivity index is 0.000000230. The minimum Gasteiger partial charge on any atom is -0.481 e. The molecular formula is C32H43ClN6O3. The second-order valence-corrected chi connectivity index (χ2v) is 12.9. The maximum Gasteiger partial charge on any atom is 0.306 e. The Kier molecular flexibility index (Phi) is 9.97. The summed E-state index contributed by atoms with van der Waals surface area (Å²) in [5.41, 5.74) is 11.3. The van der Waals surface area contributed by atoms with Gasteiger partial charge in [0.15, 0.2) is 0 Å². The molecule has 3 heterocycles. The van der Waals surface area contributed by atoms with E-state index >= 15 is 0 Å². The highest BCUT2D eigenvalue weighted by molar-refractivity contribution is 6.31. The predicted molar refractivity (Wildman–Crippen MR) is 168 cm³/mol. The topological polar surface area (TPSA) is 117 Å². The fourth-order valence-corrected chi connectivity index (χ4v) is 5.45. The zero-order valence-corrected chi connectivity index (χ0v) is 26.0. The van der Waals surface area contributed by atoms with Crippen LogP contribution in [0.25, 0.3) is 0 Å². The summed E-state index contributed by atoms with van der Waals surface area (Å²) in [5.74, 6) is 0.0496. The molecule has 2 aliphatic heterocycles. The average Bonchev–Trinajstić information content (AvgIpc) is 3.19. The number of nitrogens with two attached hydrogens (primary N) is 1. The third-order valence-electron chi connectivity index (χ3n) is 8.01. The van der Waals surface area contributed by atoms with Gasteiger partial charge < -0.3 is 26.0 Å². The number of fused-ring (bicyclic) bond motifs is 2. The molecule has 0 atom stereocenters. The first-order valence-electron chi connectivity index (χ1n) is 14.5. The molecule has 9 nitrogen and oxygen atoms in total. The van der Waals surface area contributed by atoms with Crippen LogP contribution in [0, 0.1) is 18.3 Å². The number of nitrogens with zero attached hydrogens (tertiary/aromatic N) is 4. The van der Waals surface area contributed by atoms with E-state index in [-0.39, 0.29) is 11.8 Å². The van der Waals surface area contributed by atoms with Crippen LogP contribution in [-0.2, 0) is 24.9 Å². The van der Waals surface area contributed by atoms with Crippen LogP contribution in [0.15, 0.2) is 42.6 Å². The number of likely N-dealkylation sites (tertiary alicyclic amines) is 1. The number of hydrogen-bond acceptors (Lipinski definition) is 6. The van der Waals surface area contributed by atoms with Crippen LogP contribution in [0.1, 0.15) is 67.1 Å². The smallest absolute Gasteiger partial charge is 0.306 e. The number of benzene rings is 2. The summed E-state index contributed by atoms with van der Waals surface area (Å²) in [6, 6.07) is 11.1. The van der Waals surface area contributed by atoms with Crippen molar-refractivity contribution in [1.82, 2.24) is 14.7 Å². The van der Waals surface area contributed by atoms with Gasteiger partial charge in [0.1, 0.15) is 5.82 Å². The molecule has 0 bridgehead atoms. The first kappa shape index (κ1) is 31.5. The fraction of sp³-hybridized carbons (Fsp3) is 0.469. The number of carboxylic acid groups (broad SMARTS) is 1. The molecule has 0 saturated carbocycles. The van der Waals surface area contributed by atoms with Gasteiger partial charge in [-0.05, 0) is 92.7 Å². The summed E-state index contributed by atoms with van der Waals surface area (Å²) in [6.07, 6.45) is 4.60. The molecule has 42 heavy (non-hydrogen) atoms. The number of amides is 1. The van der Waals surface area contributed by atoms with E-state index in [0.29, 0.717) is 29.1 Å². The normalized spacial score (nSPS) is 15.5. The van der Waals surface area contributed by atoms with Crippen molar-refractivity contribution < 1.29 is 14.7 Å². The molecule has 0 radical (unpaired) electrons. The van der Waals surface area contributed by atoms with Crippen LogP contribution >= 0.6 is 11.6 Å². The van der Waals surface area contributed by atoms with Gasteiger partial charge in [-0.3, -0.25) is 14.3 Å². The predicted octanol–water partition coefficient (Wildman–Crippen LogP) is 5.96. The monoisotopic (exact) mass is 594 g/mol. The number of carbonyl (C=O) groups excluding carboxylic acids is 1. The lowest BCUT2D eigenvalue weighted by molar-refractivity contribution is -0.143. The molecule has 1 fully saturated rings. The Morgan fingerprint density at radius 3 is 2.48 bits per heavy atom. The van der Waals surface area contributed by atoms with Gasteiger partial charge in [-0.2, -0.15) is 5.10 Å². The zero-order valence-electron chi connectivity index (χ0n) is 25.3. The molecule has 2 aromatic carbocycles. The van der Waals surface area contributed by atoms with Crippen LogP contribution in [-0.4, -0.2) is 51.3 Å². The van der Waals surface area contributed by atoms with Crippen molar-refractivity contribution in [3.05, 3.63) is 69.9 Å². The van der Waals surface area contributed by atoms with Crippen molar-refractivity contribution in [1.29, 1.82) is 0 Å². The maximum absolute atomic E-state index is 13.4. The lowest BCUT2D eigenvalue weighted by atomic mass is 9.91. The number of halogens is 1. The summed E-state index contributed by atoms with van der Waals surface area (Å²) in [5, 5.41) is 17.1. The van der Waals surface area contributed by atoms with Gasteiger partial charge in [-0.15, -0.1) is 0 Å². The van der Waals surface area contributed by atoms with E-state index in [0.717, 1.165) is 66.4 Å². The SMILES string of the molecule is CC(C)(C)CCN1CCC(C(=O)O)CC1.Cc1cc(C(=O)N2Cc3cnn(C)c3Nc3cc(Cl)ccc32)ccc1CN. The Morgan fingerprint density at radius 2 is 1.86 bits per heavy atom. The minimum absolute atomic E-state index is 0.0799. The van der Waals surface area contributed by atoms with Crippen LogP contribution in [0.3, 0.4) is 0 Å². The van der Waals surface area contributed by atoms with Crippen LogP contribution in [0.4, 0.5) is 17.2 Å². The van der Waals surface area contributed by atoms with Gasteiger partial charge in [0.25, 0.3) is 5.91 Å². The largest absolute Gasteiger partial charge is 0.481 e. The Morgan fingerprint density at radius 1 is 1.14 bits per heavy atom. The summed E-state index contributed by atoms with van der Waals surface area (Å²) < 4.78 is 1.76. The minimum atomic E-state index is -0.620. The molecule has 0 unspecified atom stereocenters. The van der Waals surface area contributed by atoms with Crippen LogP contribution < -0.4 is 16.0 Å². The highest BCUT2D eigenvalue weighted by Crippen LogP contribution is 2.38. The zero-order chi connectivity index (χ0) is 30.6. The summed E-state index contributed by atoms with van der Waals surface area (Å²) in [7, 11) is 1.86. The van der Waals surface area contributed by atoms with E-state index < -0.39 is 5.97 Å². The number of piperidine rings is 1. The highest BCUT2D eigenvalue weighted by atomic mass is 35.5. The number of rotatable bonds is 5. The van der Waals surface area contributed by atoms with Crippen molar-refractivity contribution >= 4 is 40.7 Å². The third kappa shape index (κ3) is 7.70. The molecule has 5 rings (SSSR count). The molecule has 226 valence electrons. The van der Waals surface area contributed by atoms with Crippen LogP contribution in [0.2, 0.25) is 5.02 Å². The molecule has 1 amide bonds. The third-order valence-corrected chi connectivity index (χ3v) is 8.25. The molecule has 3 aromatic rings. The molecule has 4 N–H and O–H groups in total. The van der Waals surface area contributed by atoms with E-state index in [2.05, 4.69) is 36.1 Å². The van der Waals surface area contributed by atoms with Crippen molar-refractivity contribution in [3.63, 3.8) is 0 Å². The van der Waals surface area contributed by atoms with Gasteiger partial charge in [0.05, 0.1) is 30.0 Å². The highest BCUT2D eigenvalue weighted by Gasteiger charge is 2.27. The lowest BCUT2D eigenvalue weighted by Gasteiger charge is -2.32. The summed E-state index contributed by atoms with van der Waals surface area (Å²) in [6.45, 7) is 12.6. The van der Waals surface area contributed by atoms with Crippen molar-refractivity contribution in [2.75, 3.05) is 29.9 Å². The Labute approximate surface area is 253 Å². The summed E-state index contributed by atoms with van der Waals surface area (Å²) >= 11 is 6.19. The number of aryl methyl sites for hydroxylation is 2. The van der Waals surface area contributed by atoms with Crippen LogP contribution in [0.5, 0.6) is 0 Å². The number of anilines is 3. The van der Waals surface area contributed by atoms with E-state index in [4.69, 9.17) is 22.4 Å². The molecule has 0 spiro atoms.